The van der Waals surface area contributed by atoms with Crippen molar-refractivity contribution in [2.75, 3.05) is 26.8 Å². The SMILES string of the molecule is CN(CCC(N)=S)C(=O)c1cccc2c1OCCO2. The zero-order chi connectivity index (χ0) is 13.8. The molecule has 0 fully saturated rings. The summed E-state index contributed by atoms with van der Waals surface area (Å²) >= 11 is 4.81. The summed E-state index contributed by atoms with van der Waals surface area (Å²) in [6, 6.07) is 5.30. The number of nitrogens with zero attached hydrogens (tertiary/aromatic N) is 1. The number of nitrogens with two attached hydrogens (primary N) is 1. The van der Waals surface area contributed by atoms with E-state index in [-0.39, 0.29) is 5.91 Å². The molecular weight excluding hydrogens is 264 g/mol. The van der Waals surface area contributed by atoms with E-state index in [0.29, 0.717) is 48.2 Å². The molecule has 0 saturated heterocycles. The van der Waals surface area contributed by atoms with Crippen molar-refractivity contribution in [1.29, 1.82) is 0 Å². The van der Waals surface area contributed by atoms with E-state index in [4.69, 9.17) is 27.4 Å². The van der Waals surface area contributed by atoms with Crippen LogP contribution in [-0.4, -0.2) is 42.6 Å². The number of thiocarbonyl (C=S) groups is 1. The quantitative estimate of drug-likeness (QED) is 0.840. The number of amides is 1. The zero-order valence-electron chi connectivity index (χ0n) is 10.7. The minimum absolute atomic E-state index is 0.126. The summed E-state index contributed by atoms with van der Waals surface area (Å²) in [6.07, 6.45) is 0.504. The van der Waals surface area contributed by atoms with Gasteiger partial charge >= 0.3 is 0 Å². The van der Waals surface area contributed by atoms with Crippen molar-refractivity contribution < 1.29 is 14.3 Å². The molecule has 6 heteroatoms. The molecule has 0 aromatic heterocycles. The Hall–Kier alpha value is -1.82. The minimum Gasteiger partial charge on any atom is -0.486 e. The maximum absolute atomic E-state index is 12.3. The smallest absolute Gasteiger partial charge is 0.257 e. The van der Waals surface area contributed by atoms with Crippen molar-refractivity contribution in [3.05, 3.63) is 23.8 Å². The van der Waals surface area contributed by atoms with Gasteiger partial charge in [-0.05, 0) is 12.1 Å². The Morgan fingerprint density at radius 2 is 2.16 bits per heavy atom. The summed E-state index contributed by atoms with van der Waals surface area (Å²) in [5.41, 5.74) is 5.94. The van der Waals surface area contributed by atoms with E-state index < -0.39 is 0 Å². The minimum atomic E-state index is -0.126. The Kier molecular flexibility index (Phi) is 4.21. The van der Waals surface area contributed by atoms with Gasteiger partial charge in [0.05, 0.1) is 10.6 Å². The maximum atomic E-state index is 12.3. The number of fused-ring (bicyclic) bond motifs is 1. The van der Waals surface area contributed by atoms with Crippen LogP contribution in [0.25, 0.3) is 0 Å². The predicted octanol–water partition coefficient (Wildman–Crippen LogP) is 1.21. The van der Waals surface area contributed by atoms with Crippen molar-refractivity contribution >= 4 is 23.1 Å². The van der Waals surface area contributed by atoms with E-state index in [1.807, 2.05) is 0 Å². The second-order valence-corrected chi connectivity index (χ2v) is 4.80. The van der Waals surface area contributed by atoms with E-state index in [0.717, 1.165) is 0 Å². The van der Waals surface area contributed by atoms with Gasteiger partial charge in [0.1, 0.15) is 13.2 Å². The maximum Gasteiger partial charge on any atom is 0.257 e. The van der Waals surface area contributed by atoms with Crippen molar-refractivity contribution in [3.63, 3.8) is 0 Å². The lowest BCUT2D eigenvalue weighted by Gasteiger charge is -2.23. The third-order valence-corrected chi connectivity index (χ3v) is 3.04. The van der Waals surface area contributed by atoms with Gasteiger partial charge in [-0.2, -0.15) is 0 Å². The molecule has 1 aliphatic rings. The van der Waals surface area contributed by atoms with Crippen LogP contribution in [-0.2, 0) is 0 Å². The van der Waals surface area contributed by atoms with Crippen LogP contribution in [0.15, 0.2) is 18.2 Å². The van der Waals surface area contributed by atoms with E-state index in [2.05, 4.69) is 0 Å². The molecule has 1 aromatic rings. The van der Waals surface area contributed by atoms with Crippen LogP contribution in [0, 0.1) is 0 Å². The first kappa shape index (κ1) is 13.6. The lowest BCUT2D eigenvalue weighted by atomic mass is 10.1. The van der Waals surface area contributed by atoms with Crippen LogP contribution < -0.4 is 15.2 Å². The van der Waals surface area contributed by atoms with Crippen LogP contribution >= 0.6 is 12.2 Å². The number of carbonyl (C=O) groups is 1. The molecule has 5 nitrogen and oxygen atoms in total. The number of carbonyl (C=O) groups excluding carboxylic acids is 1. The van der Waals surface area contributed by atoms with E-state index in [1.54, 1.807) is 30.1 Å². The summed E-state index contributed by atoms with van der Waals surface area (Å²) in [7, 11) is 1.71. The zero-order valence-corrected chi connectivity index (χ0v) is 11.5. The number of benzene rings is 1. The largest absolute Gasteiger partial charge is 0.486 e. The summed E-state index contributed by atoms with van der Waals surface area (Å²) in [4.78, 5) is 14.3. The first-order valence-electron chi connectivity index (χ1n) is 6.02. The number of hydrogen-bond donors (Lipinski definition) is 1. The van der Waals surface area contributed by atoms with Gasteiger partial charge in [-0.1, -0.05) is 18.3 Å². The van der Waals surface area contributed by atoms with Crippen LogP contribution in [0.3, 0.4) is 0 Å². The first-order chi connectivity index (χ1) is 9.09. The Morgan fingerprint density at radius 1 is 1.42 bits per heavy atom. The van der Waals surface area contributed by atoms with Gasteiger partial charge < -0.3 is 20.1 Å². The van der Waals surface area contributed by atoms with Gasteiger partial charge in [-0.25, -0.2) is 0 Å². The molecule has 0 bridgehead atoms. The highest BCUT2D eigenvalue weighted by atomic mass is 32.1. The normalized spacial score (nSPS) is 12.9. The molecule has 0 atom stereocenters. The summed E-state index contributed by atoms with van der Waals surface area (Å²) < 4.78 is 11.0. The van der Waals surface area contributed by atoms with E-state index in [1.165, 1.54) is 0 Å². The molecular formula is C13H16N2O3S. The van der Waals surface area contributed by atoms with Crippen LogP contribution in [0.4, 0.5) is 0 Å². The monoisotopic (exact) mass is 280 g/mol. The summed E-state index contributed by atoms with van der Waals surface area (Å²) in [6.45, 7) is 1.44. The van der Waals surface area contributed by atoms with Crippen LogP contribution in [0.1, 0.15) is 16.8 Å². The Balaban J connectivity index is 2.17. The highest BCUT2D eigenvalue weighted by Gasteiger charge is 2.22. The van der Waals surface area contributed by atoms with Crippen molar-refractivity contribution in [2.24, 2.45) is 5.73 Å². The average molecular weight is 280 g/mol. The Bertz CT molecular complexity index is 505. The van der Waals surface area contributed by atoms with E-state index in [9.17, 15) is 4.79 Å². The molecule has 102 valence electrons. The predicted molar refractivity (Wildman–Crippen MR) is 75.8 cm³/mol. The standard InChI is InChI=1S/C13H16N2O3S/c1-15(6-5-11(14)19)13(16)9-3-2-4-10-12(9)18-8-7-17-10/h2-4H,5-8H2,1H3,(H2,14,19). The second kappa shape index (κ2) is 5.88. The van der Waals surface area contributed by atoms with Gasteiger partial charge in [0, 0.05) is 20.0 Å². The lowest BCUT2D eigenvalue weighted by Crippen LogP contribution is -2.31. The number of para-hydroxylation sites is 1. The molecule has 1 aliphatic heterocycles. The highest BCUT2D eigenvalue weighted by molar-refractivity contribution is 7.80. The average Bonchev–Trinajstić information content (AvgIpc) is 2.43. The number of hydrogen-bond acceptors (Lipinski definition) is 4. The summed E-state index contributed by atoms with van der Waals surface area (Å²) in [5.74, 6) is 0.999. The fraction of sp³-hybridized carbons (Fsp3) is 0.385. The van der Waals surface area contributed by atoms with Crippen LogP contribution in [0.5, 0.6) is 11.5 Å². The molecule has 2 N–H and O–H groups in total. The molecule has 0 unspecified atom stereocenters. The van der Waals surface area contributed by atoms with Gasteiger partial charge in [0.25, 0.3) is 5.91 Å². The molecule has 0 radical (unpaired) electrons. The Morgan fingerprint density at radius 3 is 2.89 bits per heavy atom. The lowest BCUT2D eigenvalue weighted by molar-refractivity contribution is 0.0788. The molecule has 0 spiro atoms. The van der Waals surface area contributed by atoms with Gasteiger partial charge in [-0.3, -0.25) is 4.79 Å². The first-order valence-corrected chi connectivity index (χ1v) is 6.43. The molecule has 19 heavy (non-hydrogen) atoms. The summed E-state index contributed by atoms with van der Waals surface area (Å²) in [5, 5.41) is 0. The molecule has 1 amide bonds. The van der Waals surface area contributed by atoms with Gasteiger partial charge in [0.2, 0.25) is 0 Å². The van der Waals surface area contributed by atoms with Crippen molar-refractivity contribution in [3.8, 4) is 11.5 Å². The van der Waals surface area contributed by atoms with Crippen molar-refractivity contribution in [2.45, 2.75) is 6.42 Å². The van der Waals surface area contributed by atoms with Crippen LogP contribution in [0.2, 0.25) is 0 Å². The van der Waals surface area contributed by atoms with E-state index >= 15 is 0 Å². The third kappa shape index (κ3) is 3.14. The van der Waals surface area contributed by atoms with Gasteiger partial charge in [0.15, 0.2) is 11.5 Å². The molecule has 0 aliphatic carbocycles. The third-order valence-electron chi connectivity index (χ3n) is 2.84. The molecule has 1 aromatic carbocycles. The number of rotatable bonds is 4. The number of ether oxygens (including phenoxy) is 2. The highest BCUT2D eigenvalue weighted by Crippen LogP contribution is 2.34. The topological polar surface area (TPSA) is 64.8 Å². The molecule has 2 rings (SSSR count). The van der Waals surface area contributed by atoms with Gasteiger partial charge in [-0.15, -0.1) is 0 Å². The fourth-order valence-corrected chi connectivity index (χ4v) is 1.92. The molecule has 1 heterocycles. The Labute approximate surface area is 117 Å². The second-order valence-electron chi connectivity index (χ2n) is 4.27. The fourth-order valence-electron chi connectivity index (χ4n) is 1.83. The van der Waals surface area contributed by atoms with Crippen molar-refractivity contribution in [1.82, 2.24) is 4.90 Å². The molecule has 0 saturated carbocycles.